The number of carbonyl (C=O) groups excluding carboxylic acids is 1. The van der Waals surface area contributed by atoms with Crippen molar-refractivity contribution in [2.24, 2.45) is 0 Å². The number of rotatable bonds is 3. The van der Waals surface area contributed by atoms with Crippen LogP contribution in [0.3, 0.4) is 0 Å². The quantitative estimate of drug-likeness (QED) is 0.721. The highest BCUT2D eigenvalue weighted by Gasteiger charge is 2.22. The second-order valence-corrected chi connectivity index (χ2v) is 7.24. The van der Waals surface area contributed by atoms with E-state index in [9.17, 15) is 4.79 Å². The zero-order chi connectivity index (χ0) is 18.0. The van der Waals surface area contributed by atoms with E-state index in [1.54, 1.807) is 24.3 Å². The molecule has 1 fully saturated rings. The van der Waals surface area contributed by atoms with E-state index < -0.39 is 0 Å². The molecule has 1 aliphatic heterocycles. The normalized spacial score (nSPS) is 17.4. The first kappa shape index (κ1) is 17.9. The smallest absolute Gasteiger partial charge is 0.257 e. The van der Waals surface area contributed by atoms with Crippen LogP contribution in [-0.4, -0.2) is 18.5 Å². The van der Waals surface area contributed by atoms with Crippen molar-refractivity contribution in [3.8, 4) is 0 Å². The molecule has 1 aliphatic rings. The maximum absolute atomic E-state index is 12.7. The van der Waals surface area contributed by atoms with E-state index in [2.05, 4.69) is 17.1 Å². The van der Waals surface area contributed by atoms with Gasteiger partial charge in [-0.2, -0.15) is 0 Å². The fraction of sp³-hybridized carbons (Fsp3) is 0.316. The number of hydrogen-bond donors (Lipinski definition) is 2. The van der Waals surface area contributed by atoms with Crippen molar-refractivity contribution in [3.05, 3.63) is 52.0 Å². The number of nitrogens with zero attached hydrogens (tertiary/aromatic N) is 1. The van der Waals surface area contributed by atoms with Gasteiger partial charge in [-0.1, -0.05) is 23.2 Å². The Labute approximate surface area is 157 Å². The Morgan fingerprint density at radius 2 is 2.00 bits per heavy atom. The second-order valence-electron chi connectivity index (χ2n) is 6.39. The number of amides is 1. The standard InChI is InChI=1S/C19H21Cl2N3O/c1-12-4-2-3-9-24(12)18-8-6-14(22)11-17(18)23-19(25)15-7-5-13(20)10-16(15)21/h5-8,10-12H,2-4,9,22H2,1H3,(H,23,25). The third-order valence-electron chi connectivity index (χ3n) is 4.56. The van der Waals surface area contributed by atoms with Crippen molar-refractivity contribution in [1.29, 1.82) is 0 Å². The van der Waals surface area contributed by atoms with E-state index in [1.165, 1.54) is 6.42 Å². The first-order chi connectivity index (χ1) is 12.0. The lowest BCUT2D eigenvalue weighted by atomic mass is 10.0. The van der Waals surface area contributed by atoms with E-state index in [-0.39, 0.29) is 5.91 Å². The Balaban J connectivity index is 1.91. The van der Waals surface area contributed by atoms with Crippen LogP contribution < -0.4 is 16.0 Å². The number of hydrogen-bond acceptors (Lipinski definition) is 3. The van der Waals surface area contributed by atoms with Crippen molar-refractivity contribution < 1.29 is 4.79 Å². The van der Waals surface area contributed by atoms with Gasteiger partial charge in [0, 0.05) is 23.3 Å². The summed E-state index contributed by atoms with van der Waals surface area (Å²) in [5.74, 6) is -0.279. The van der Waals surface area contributed by atoms with E-state index in [1.807, 2.05) is 12.1 Å². The molecule has 2 aromatic rings. The molecule has 4 nitrogen and oxygen atoms in total. The summed E-state index contributed by atoms with van der Waals surface area (Å²) in [6, 6.07) is 10.9. The van der Waals surface area contributed by atoms with Gasteiger partial charge in [0.1, 0.15) is 0 Å². The van der Waals surface area contributed by atoms with Crippen LogP contribution >= 0.6 is 23.2 Å². The lowest BCUT2D eigenvalue weighted by Gasteiger charge is -2.36. The molecule has 1 amide bonds. The molecule has 0 aliphatic carbocycles. The molecule has 25 heavy (non-hydrogen) atoms. The first-order valence-electron chi connectivity index (χ1n) is 8.38. The van der Waals surface area contributed by atoms with Crippen LogP contribution in [0.5, 0.6) is 0 Å². The summed E-state index contributed by atoms with van der Waals surface area (Å²) in [4.78, 5) is 15.0. The van der Waals surface area contributed by atoms with E-state index in [4.69, 9.17) is 28.9 Å². The Morgan fingerprint density at radius 3 is 2.72 bits per heavy atom. The first-order valence-corrected chi connectivity index (χ1v) is 9.14. The molecule has 6 heteroatoms. The molecule has 0 bridgehead atoms. The minimum absolute atomic E-state index is 0.279. The predicted octanol–water partition coefficient (Wildman–Crippen LogP) is 5.21. The predicted molar refractivity (Wildman–Crippen MR) is 106 cm³/mol. The summed E-state index contributed by atoms with van der Waals surface area (Å²) in [5.41, 5.74) is 8.61. The van der Waals surface area contributed by atoms with Crippen LogP contribution in [0.4, 0.5) is 17.1 Å². The Bertz CT molecular complexity index is 794. The third kappa shape index (κ3) is 4.02. The molecule has 0 spiro atoms. The van der Waals surface area contributed by atoms with Gasteiger partial charge in [-0.05, 0) is 62.6 Å². The van der Waals surface area contributed by atoms with Crippen molar-refractivity contribution in [2.75, 3.05) is 22.5 Å². The van der Waals surface area contributed by atoms with Crippen molar-refractivity contribution in [3.63, 3.8) is 0 Å². The van der Waals surface area contributed by atoms with Crippen LogP contribution in [0.15, 0.2) is 36.4 Å². The summed E-state index contributed by atoms with van der Waals surface area (Å²) < 4.78 is 0. The van der Waals surface area contributed by atoms with Gasteiger partial charge >= 0.3 is 0 Å². The highest BCUT2D eigenvalue weighted by Crippen LogP contribution is 2.33. The van der Waals surface area contributed by atoms with Gasteiger partial charge in [0.25, 0.3) is 5.91 Å². The topological polar surface area (TPSA) is 58.4 Å². The number of anilines is 3. The van der Waals surface area contributed by atoms with Crippen molar-refractivity contribution in [2.45, 2.75) is 32.2 Å². The van der Waals surface area contributed by atoms with Crippen LogP contribution in [0.1, 0.15) is 36.5 Å². The molecule has 1 saturated heterocycles. The molecular weight excluding hydrogens is 357 g/mol. The molecule has 0 saturated carbocycles. The van der Waals surface area contributed by atoms with Gasteiger partial charge in [0.05, 0.1) is 22.0 Å². The molecule has 1 unspecified atom stereocenters. The minimum Gasteiger partial charge on any atom is -0.399 e. The summed E-state index contributed by atoms with van der Waals surface area (Å²) in [6.07, 6.45) is 3.51. The second kappa shape index (κ2) is 7.54. The van der Waals surface area contributed by atoms with Crippen LogP contribution in [0.2, 0.25) is 10.0 Å². The Morgan fingerprint density at radius 1 is 1.20 bits per heavy atom. The molecule has 0 radical (unpaired) electrons. The van der Waals surface area contributed by atoms with E-state index in [0.29, 0.717) is 33.0 Å². The van der Waals surface area contributed by atoms with Gasteiger partial charge in [-0.15, -0.1) is 0 Å². The average Bonchev–Trinajstić information content (AvgIpc) is 2.56. The third-order valence-corrected chi connectivity index (χ3v) is 5.10. The minimum atomic E-state index is -0.279. The Kier molecular flexibility index (Phi) is 5.40. The van der Waals surface area contributed by atoms with Gasteiger partial charge in [0.2, 0.25) is 0 Å². The van der Waals surface area contributed by atoms with Gasteiger partial charge in [0.15, 0.2) is 0 Å². The van der Waals surface area contributed by atoms with Crippen molar-refractivity contribution in [1.82, 2.24) is 0 Å². The number of nitrogen functional groups attached to an aromatic ring is 1. The number of nitrogens with one attached hydrogen (secondary N) is 1. The van der Waals surface area contributed by atoms with Crippen LogP contribution in [-0.2, 0) is 0 Å². The van der Waals surface area contributed by atoms with Crippen molar-refractivity contribution >= 4 is 46.2 Å². The van der Waals surface area contributed by atoms with Crippen LogP contribution in [0, 0.1) is 0 Å². The largest absolute Gasteiger partial charge is 0.399 e. The molecule has 0 aromatic heterocycles. The SMILES string of the molecule is CC1CCCCN1c1ccc(N)cc1NC(=O)c1ccc(Cl)cc1Cl. The lowest BCUT2D eigenvalue weighted by Crippen LogP contribution is -2.38. The molecule has 3 rings (SSSR count). The maximum atomic E-state index is 12.7. The summed E-state index contributed by atoms with van der Waals surface area (Å²) in [5, 5.41) is 3.77. The molecule has 1 atom stereocenters. The number of halogens is 2. The monoisotopic (exact) mass is 377 g/mol. The van der Waals surface area contributed by atoms with Gasteiger partial charge < -0.3 is 16.0 Å². The fourth-order valence-corrected chi connectivity index (χ4v) is 3.72. The fourth-order valence-electron chi connectivity index (χ4n) is 3.22. The lowest BCUT2D eigenvalue weighted by molar-refractivity contribution is 0.102. The number of nitrogens with two attached hydrogens (primary N) is 1. The molecule has 1 heterocycles. The summed E-state index contributed by atoms with van der Waals surface area (Å²) >= 11 is 12.1. The highest BCUT2D eigenvalue weighted by molar-refractivity contribution is 6.37. The summed E-state index contributed by atoms with van der Waals surface area (Å²) in [7, 11) is 0. The van der Waals surface area contributed by atoms with Gasteiger partial charge in [-0.3, -0.25) is 4.79 Å². The number of benzene rings is 2. The zero-order valence-electron chi connectivity index (χ0n) is 14.1. The van der Waals surface area contributed by atoms with E-state index in [0.717, 1.165) is 25.1 Å². The average molecular weight is 378 g/mol. The molecule has 3 N–H and O–H groups in total. The zero-order valence-corrected chi connectivity index (χ0v) is 15.6. The molecule has 132 valence electrons. The number of piperidine rings is 1. The summed E-state index contributed by atoms with van der Waals surface area (Å²) in [6.45, 7) is 3.17. The highest BCUT2D eigenvalue weighted by atomic mass is 35.5. The Hall–Kier alpha value is -1.91. The van der Waals surface area contributed by atoms with E-state index >= 15 is 0 Å². The van der Waals surface area contributed by atoms with Crippen LogP contribution in [0.25, 0.3) is 0 Å². The molecule has 2 aromatic carbocycles. The number of carbonyl (C=O) groups is 1. The van der Waals surface area contributed by atoms with Gasteiger partial charge in [-0.25, -0.2) is 0 Å². The maximum Gasteiger partial charge on any atom is 0.257 e. The molecular formula is C19H21Cl2N3O.